The van der Waals surface area contributed by atoms with Crippen molar-refractivity contribution in [3.8, 4) is 0 Å². The molecule has 0 amide bonds. The first-order chi connectivity index (χ1) is 12.0. The molecule has 1 aliphatic carbocycles. The molecular formula is C23H28O2. The van der Waals surface area contributed by atoms with Gasteiger partial charge in [0.05, 0.1) is 0 Å². The largest absolute Gasteiger partial charge is 0.459 e. The number of ether oxygens (including phenoxy) is 1. The Kier molecular flexibility index (Phi) is 5.27. The second-order valence-corrected chi connectivity index (χ2v) is 7.65. The lowest BCUT2D eigenvalue weighted by Gasteiger charge is -2.42. The molecule has 3 rings (SSSR count). The SMILES string of the molecule is C/C=C/C(=O)O[C@@H]1CCCC[C@H]1C(C)(C)c1ccc2ccccc2c1. The summed E-state index contributed by atoms with van der Waals surface area (Å²) in [6.45, 7) is 6.44. The van der Waals surface area contributed by atoms with E-state index >= 15 is 0 Å². The predicted octanol–water partition coefficient (Wildman–Crippen LogP) is 5.80. The van der Waals surface area contributed by atoms with Gasteiger partial charge in [-0.05, 0) is 47.9 Å². The van der Waals surface area contributed by atoms with Crippen LogP contribution in [0.4, 0.5) is 0 Å². The lowest BCUT2D eigenvalue weighted by molar-refractivity contribution is -0.149. The topological polar surface area (TPSA) is 26.3 Å². The summed E-state index contributed by atoms with van der Waals surface area (Å²) in [6.07, 6.45) is 7.68. The first-order valence-electron chi connectivity index (χ1n) is 9.35. The standard InChI is InChI=1S/C23H28O2/c1-4-9-22(24)25-21-13-8-7-12-20(21)23(2,3)19-15-14-17-10-5-6-11-18(17)16-19/h4-6,9-11,14-16,20-21H,7-8,12-13H2,1-3H3/b9-4+/t20-,21-/m1/s1. The van der Waals surface area contributed by atoms with Gasteiger partial charge in [0, 0.05) is 12.0 Å². The number of carbonyl (C=O) groups is 1. The summed E-state index contributed by atoms with van der Waals surface area (Å²) in [4.78, 5) is 12.0. The van der Waals surface area contributed by atoms with Gasteiger partial charge in [0.1, 0.15) is 6.10 Å². The molecule has 132 valence electrons. The van der Waals surface area contributed by atoms with Crippen LogP contribution < -0.4 is 0 Å². The zero-order valence-corrected chi connectivity index (χ0v) is 15.5. The Labute approximate surface area is 150 Å². The summed E-state index contributed by atoms with van der Waals surface area (Å²) in [6, 6.07) is 15.2. The molecule has 0 aromatic heterocycles. The zero-order valence-electron chi connectivity index (χ0n) is 15.5. The summed E-state index contributed by atoms with van der Waals surface area (Å²) >= 11 is 0. The van der Waals surface area contributed by atoms with Gasteiger partial charge in [-0.25, -0.2) is 4.79 Å². The van der Waals surface area contributed by atoms with Crippen molar-refractivity contribution in [2.45, 2.75) is 58.0 Å². The molecule has 1 aliphatic rings. The molecule has 2 atom stereocenters. The van der Waals surface area contributed by atoms with Crippen LogP contribution in [0.5, 0.6) is 0 Å². The fraction of sp³-hybridized carbons (Fsp3) is 0.435. The highest BCUT2D eigenvalue weighted by Gasteiger charge is 2.40. The fourth-order valence-corrected chi connectivity index (χ4v) is 4.19. The van der Waals surface area contributed by atoms with Crippen molar-refractivity contribution in [1.82, 2.24) is 0 Å². The molecule has 0 aliphatic heterocycles. The molecule has 25 heavy (non-hydrogen) atoms. The van der Waals surface area contributed by atoms with Gasteiger partial charge in [-0.2, -0.15) is 0 Å². The van der Waals surface area contributed by atoms with Crippen LogP contribution in [0.15, 0.2) is 54.6 Å². The van der Waals surface area contributed by atoms with Crippen LogP contribution in [0.3, 0.4) is 0 Å². The first kappa shape index (κ1) is 17.7. The van der Waals surface area contributed by atoms with Crippen LogP contribution in [0.25, 0.3) is 10.8 Å². The average Bonchev–Trinajstić information content (AvgIpc) is 2.62. The Hall–Kier alpha value is -2.09. The van der Waals surface area contributed by atoms with Crippen LogP contribution >= 0.6 is 0 Å². The van der Waals surface area contributed by atoms with Crippen molar-refractivity contribution >= 4 is 16.7 Å². The summed E-state index contributed by atoms with van der Waals surface area (Å²) < 4.78 is 5.81. The van der Waals surface area contributed by atoms with Gasteiger partial charge in [0.15, 0.2) is 0 Å². The molecule has 0 radical (unpaired) electrons. The maximum atomic E-state index is 12.0. The number of rotatable bonds is 4. The number of esters is 1. The molecular weight excluding hydrogens is 308 g/mol. The summed E-state index contributed by atoms with van der Waals surface area (Å²) in [5, 5.41) is 2.54. The van der Waals surface area contributed by atoms with Gasteiger partial charge < -0.3 is 4.74 Å². The number of hydrogen-bond donors (Lipinski definition) is 0. The fourth-order valence-electron chi connectivity index (χ4n) is 4.19. The van der Waals surface area contributed by atoms with E-state index in [1.165, 1.54) is 28.8 Å². The lowest BCUT2D eigenvalue weighted by Crippen LogP contribution is -2.41. The lowest BCUT2D eigenvalue weighted by atomic mass is 9.66. The van der Waals surface area contributed by atoms with E-state index in [0.29, 0.717) is 5.92 Å². The number of hydrogen-bond acceptors (Lipinski definition) is 2. The predicted molar refractivity (Wildman–Crippen MR) is 104 cm³/mol. The van der Waals surface area contributed by atoms with E-state index in [9.17, 15) is 4.79 Å². The molecule has 1 fully saturated rings. The van der Waals surface area contributed by atoms with Crippen molar-refractivity contribution in [1.29, 1.82) is 0 Å². The maximum absolute atomic E-state index is 12.0. The van der Waals surface area contributed by atoms with Gasteiger partial charge in [0.2, 0.25) is 0 Å². The highest BCUT2D eigenvalue weighted by Crippen LogP contribution is 2.42. The minimum absolute atomic E-state index is 0.001000. The van der Waals surface area contributed by atoms with Crippen LogP contribution in [0, 0.1) is 5.92 Å². The Morgan fingerprint density at radius 1 is 1.08 bits per heavy atom. The van der Waals surface area contributed by atoms with Crippen molar-refractivity contribution in [2.75, 3.05) is 0 Å². The second-order valence-electron chi connectivity index (χ2n) is 7.65. The van der Waals surface area contributed by atoms with Crippen LogP contribution in [-0.2, 0) is 14.9 Å². The molecule has 1 saturated carbocycles. The Balaban J connectivity index is 1.90. The van der Waals surface area contributed by atoms with E-state index in [4.69, 9.17) is 4.74 Å². The van der Waals surface area contributed by atoms with Gasteiger partial charge in [-0.3, -0.25) is 0 Å². The smallest absolute Gasteiger partial charge is 0.330 e. The summed E-state index contributed by atoms with van der Waals surface area (Å²) in [5.41, 5.74) is 1.29. The highest BCUT2D eigenvalue weighted by atomic mass is 16.5. The normalized spacial score (nSPS) is 21.6. The molecule has 0 spiro atoms. The molecule has 2 nitrogen and oxygen atoms in total. The van der Waals surface area contributed by atoms with Gasteiger partial charge in [0.25, 0.3) is 0 Å². The van der Waals surface area contributed by atoms with E-state index in [2.05, 4.69) is 56.3 Å². The number of allylic oxidation sites excluding steroid dienone is 1. The maximum Gasteiger partial charge on any atom is 0.330 e. The van der Waals surface area contributed by atoms with Crippen LogP contribution in [0.2, 0.25) is 0 Å². The minimum Gasteiger partial charge on any atom is -0.459 e. The molecule has 0 bridgehead atoms. The molecule has 0 heterocycles. The van der Waals surface area contributed by atoms with E-state index in [1.807, 2.05) is 6.92 Å². The Bertz CT molecular complexity index is 773. The van der Waals surface area contributed by atoms with Crippen LogP contribution in [0.1, 0.15) is 52.0 Å². The van der Waals surface area contributed by atoms with Crippen molar-refractivity contribution < 1.29 is 9.53 Å². The number of benzene rings is 2. The van der Waals surface area contributed by atoms with Crippen molar-refractivity contribution in [3.63, 3.8) is 0 Å². The third-order valence-corrected chi connectivity index (χ3v) is 5.69. The van der Waals surface area contributed by atoms with Crippen molar-refractivity contribution in [2.24, 2.45) is 5.92 Å². The number of fused-ring (bicyclic) bond motifs is 1. The van der Waals surface area contributed by atoms with Gasteiger partial charge in [-0.1, -0.05) is 68.8 Å². The van der Waals surface area contributed by atoms with Crippen LogP contribution in [-0.4, -0.2) is 12.1 Å². The first-order valence-corrected chi connectivity index (χ1v) is 9.35. The van der Waals surface area contributed by atoms with E-state index in [-0.39, 0.29) is 17.5 Å². The van der Waals surface area contributed by atoms with Crippen molar-refractivity contribution in [3.05, 3.63) is 60.2 Å². The Morgan fingerprint density at radius 2 is 1.80 bits per heavy atom. The highest BCUT2D eigenvalue weighted by molar-refractivity contribution is 5.83. The number of carbonyl (C=O) groups excluding carboxylic acids is 1. The third kappa shape index (κ3) is 3.78. The van der Waals surface area contributed by atoms with E-state index in [0.717, 1.165) is 19.3 Å². The quantitative estimate of drug-likeness (QED) is 0.521. The molecule has 0 saturated heterocycles. The second kappa shape index (κ2) is 7.43. The summed E-state index contributed by atoms with van der Waals surface area (Å²) in [7, 11) is 0. The Morgan fingerprint density at radius 3 is 2.56 bits per heavy atom. The zero-order chi connectivity index (χ0) is 17.9. The summed E-state index contributed by atoms with van der Waals surface area (Å²) in [5.74, 6) is 0.130. The molecule has 2 heteroatoms. The van der Waals surface area contributed by atoms with Gasteiger partial charge >= 0.3 is 5.97 Å². The van der Waals surface area contributed by atoms with Gasteiger partial charge in [-0.15, -0.1) is 0 Å². The molecule has 0 N–H and O–H groups in total. The molecule has 2 aromatic rings. The average molecular weight is 336 g/mol. The van der Waals surface area contributed by atoms with E-state index in [1.54, 1.807) is 6.08 Å². The molecule has 2 aromatic carbocycles. The monoisotopic (exact) mass is 336 g/mol. The third-order valence-electron chi connectivity index (χ3n) is 5.69. The molecule has 0 unspecified atom stereocenters. The van der Waals surface area contributed by atoms with E-state index < -0.39 is 0 Å². The minimum atomic E-state index is -0.214.